The molecule has 1 amide bonds. The van der Waals surface area contributed by atoms with Gasteiger partial charge >= 0.3 is 6.09 Å². The Morgan fingerprint density at radius 1 is 1.32 bits per heavy atom. The van der Waals surface area contributed by atoms with Crippen LogP contribution >= 0.6 is 12.4 Å². The first-order valence-electron chi connectivity index (χ1n) is 7.02. The van der Waals surface area contributed by atoms with E-state index in [2.05, 4.69) is 0 Å². The summed E-state index contributed by atoms with van der Waals surface area (Å²) >= 11 is 0. The fourth-order valence-corrected chi connectivity index (χ4v) is 3.06. The van der Waals surface area contributed by atoms with Crippen molar-refractivity contribution in [3.05, 3.63) is 0 Å². The Balaban J connectivity index is 0.00000180. The van der Waals surface area contributed by atoms with Crippen molar-refractivity contribution in [3.63, 3.8) is 0 Å². The molecule has 1 aliphatic heterocycles. The molecule has 2 N–H and O–H groups in total. The second-order valence-electron chi connectivity index (χ2n) is 7.02. The maximum atomic E-state index is 11.9. The lowest BCUT2D eigenvalue weighted by atomic mass is 9.66. The van der Waals surface area contributed by atoms with Crippen LogP contribution in [0.4, 0.5) is 4.79 Å². The standard InChI is InChI=1S/C14H26N2O2.ClH/c1-13(2,3)18-12(17)16-9-14(10-16)6-4-11(8-15)5-7-14;/h11H,4-10,15H2,1-3H3;1H. The molecule has 19 heavy (non-hydrogen) atoms. The molecule has 1 heterocycles. The van der Waals surface area contributed by atoms with Crippen LogP contribution in [0.1, 0.15) is 46.5 Å². The molecule has 2 aliphatic rings. The van der Waals surface area contributed by atoms with Gasteiger partial charge < -0.3 is 15.4 Å². The van der Waals surface area contributed by atoms with E-state index in [-0.39, 0.29) is 18.5 Å². The van der Waals surface area contributed by atoms with Crippen LogP contribution in [-0.2, 0) is 4.74 Å². The summed E-state index contributed by atoms with van der Waals surface area (Å²) in [6.07, 6.45) is 4.72. The third kappa shape index (κ3) is 3.99. The fraction of sp³-hybridized carbons (Fsp3) is 0.929. The maximum absolute atomic E-state index is 11.9. The number of hydrogen-bond acceptors (Lipinski definition) is 3. The topological polar surface area (TPSA) is 55.6 Å². The van der Waals surface area contributed by atoms with Crippen LogP contribution in [0.15, 0.2) is 0 Å². The van der Waals surface area contributed by atoms with E-state index in [0.717, 1.165) is 19.6 Å². The van der Waals surface area contributed by atoms with Crippen molar-refractivity contribution in [3.8, 4) is 0 Å². The highest BCUT2D eigenvalue weighted by molar-refractivity contribution is 5.85. The van der Waals surface area contributed by atoms with Gasteiger partial charge in [0.05, 0.1) is 0 Å². The highest BCUT2D eigenvalue weighted by atomic mass is 35.5. The maximum Gasteiger partial charge on any atom is 0.410 e. The lowest BCUT2D eigenvalue weighted by Gasteiger charge is -2.53. The van der Waals surface area contributed by atoms with E-state index < -0.39 is 5.60 Å². The normalized spacial score (nSPS) is 22.6. The van der Waals surface area contributed by atoms with Gasteiger partial charge in [-0.3, -0.25) is 0 Å². The quantitative estimate of drug-likeness (QED) is 0.808. The smallest absolute Gasteiger partial charge is 0.410 e. The molecule has 5 heteroatoms. The van der Waals surface area contributed by atoms with E-state index in [4.69, 9.17) is 10.5 Å². The molecule has 0 unspecified atom stereocenters. The van der Waals surface area contributed by atoms with Gasteiger partial charge in [-0.1, -0.05) is 0 Å². The molecular formula is C14H27ClN2O2. The predicted octanol–water partition coefficient (Wildman–Crippen LogP) is 2.79. The van der Waals surface area contributed by atoms with Crippen molar-refractivity contribution in [2.24, 2.45) is 17.1 Å². The first-order chi connectivity index (χ1) is 8.34. The number of hydrogen-bond donors (Lipinski definition) is 1. The molecule has 0 aromatic rings. The minimum Gasteiger partial charge on any atom is -0.444 e. The SMILES string of the molecule is CC(C)(C)OC(=O)N1CC2(CCC(CN)CC2)C1.Cl. The predicted molar refractivity (Wildman–Crippen MR) is 78.5 cm³/mol. The summed E-state index contributed by atoms with van der Waals surface area (Å²) in [6, 6.07) is 0. The summed E-state index contributed by atoms with van der Waals surface area (Å²) < 4.78 is 5.38. The van der Waals surface area contributed by atoms with Crippen molar-refractivity contribution < 1.29 is 9.53 Å². The Hall–Kier alpha value is -0.480. The largest absolute Gasteiger partial charge is 0.444 e. The molecule has 112 valence electrons. The summed E-state index contributed by atoms with van der Waals surface area (Å²) in [5, 5.41) is 0. The fourth-order valence-electron chi connectivity index (χ4n) is 3.06. The summed E-state index contributed by atoms with van der Waals surface area (Å²) in [4.78, 5) is 13.7. The summed E-state index contributed by atoms with van der Waals surface area (Å²) in [5.41, 5.74) is 5.70. The highest BCUT2D eigenvalue weighted by Gasteiger charge is 2.47. The molecule has 0 bridgehead atoms. The van der Waals surface area contributed by atoms with E-state index in [1.807, 2.05) is 25.7 Å². The monoisotopic (exact) mass is 290 g/mol. The van der Waals surface area contributed by atoms with Gasteiger partial charge in [-0.15, -0.1) is 12.4 Å². The zero-order valence-electron chi connectivity index (χ0n) is 12.3. The Morgan fingerprint density at radius 3 is 2.26 bits per heavy atom. The molecule has 2 rings (SSSR count). The van der Waals surface area contributed by atoms with Gasteiger partial charge in [-0.2, -0.15) is 0 Å². The average Bonchev–Trinajstić information content (AvgIpc) is 2.23. The first-order valence-corrected chi connectivity index (χ1v) is 7.02. The number of carbonyl (C=O) groups excluding carboxylic acids is 1. The van der Waals surface area contributed by atoms with Gasteiger partial charge in [0.2, 0.25) is 0 Å². The molecule has 0 aromatic heterocycles. The van der Waals surface area contributed by atoms with E-state index in [0.29, 0.717) is 11.3 Å². The third-order valence-corrected chi connectivity index (χ3v) is 4.20. The van der Waals surface area contributed by atoms with Gasteiger partial charge in [-0.05, 0) is 58.9 Å². The number of likely N-dealkylation sites (tertiary alicyclic amines) is 1. The molecule has 1 aliphatic carbocycles. The van der Waals surface area contributed by atoms with Gasteiger partial charge in [-0.25, -0.2) is 4.79 Å². The summed E-state index contributed by atoms with van der Waals surface area (Å²) in [6.45, 7) is 8.29. The van der Waals surface area contributed by atoms with Gasteiger partial charge in [0.1, 0.15) is 5.60 Å². The van der Waals surface area contributed by atoms with Crippen LogP contribution in [0.5, 0.6) is 0 Å². The van der Waals surface area contributed by atoms with Crippen molar-refractivity contribution in [2.45, 2.75) is 52.1 Å². The van der Waals surface area contributed by atoms with Crippen molar-refractivity contribution >= 4 is 18.5 Å². The van der Waals surface area contributed by atoms with E-state index >= 15 is 0 Å². The van der Waals surface area contributed by atoms with Crippen LogP contribution in [0.3, 0.4) is 0 Å². The molecule has 1 saturated heterocycles. The van der Waals surface area contributed by atoms with E-state index in [1.165, 1.54) is 25.7 Å². The van der Waals surface area contributed by atoms with Crippen LogP contribution in [0.25, 0.3) is 0 Å². The average molecular weight is 291 g/mol. The van der Waals surface area contributed by atoms with Crippen LogP contribution in [0, 0.1) is 11.3 Å². The summed E-state index contributed by atoms with van der Waals surface area (Å²) in [5.74, 6) is 0.700. The second-order valence-corrected chi connectivity index (χ2v) is 7.02. The van der Waals surface area contributed by atoms with E-state index in [1.54, 1.807) is 0 Å². The molecule has 4 nitrogen and oxygen atoms in total. The number of carbonyl (C=O) groups is 1. The van der Waals surface area contributed by atoms with Gasteiger partial charge in [0, 0.05) is 18.5 Å². The lowest BCUT2D eigenvalue weighted by Crippen LogP contribution is -2.60. The zero-order chi connectivity index (χ0) is 13.4. The lowest BCUT2D eigenvalue weighted by molar-refractivity contribution is -0.0537. The van der Waals surface area contributed by atoms with E-state index in [9.17, 15) is 4.79 Å². The number of halogens is 1. The van der Waals surface area contributed by atoms with Crippen molar-refractivity contribution in [2.75, 3.05) is 19.6 Å². The van der Waals surface area contributed by atoms with Crippen molar-refractivity contribution in [1.29, 1.82) is 0 Å². The van der Waals surface area contributed by atoms with Crippen molar-refractivity contribution in [1.82, 2.24) is 4.90 Å². The third-order valence-electron chi connectivity index (χ3n) is 4.20. The highest BCUT2D eigenvalue weighted by Crippen LogP contribution is 2.45. The Bertz CT molecular complexity index is 312. The first kappa shape index (κ1) is 16.6. The number of nitrogens with zero attached hydrogens (tertiary/aromatic N) is 1. The van der Waals surface area contributed by atoms with Crippen LogP contribution < -0.4 is 5.73 Å². The summed E-state index contributed by atoms with van der Waals surface area (Å²) in [7, 11) is 0. The number of ether oxygens (including phenoxy) is 1. The Kier molecular flexibility index (Phi) is 5.13. The zero-order valence-corrected chi connectivity index (χ0v) is 13.1. The molecule has 0 aromatic carbocycles. The molecule has 2 fully saturated rings. The number of nitrogens with two attached hydrogens (primary N) is 1. The number of amides is 1. The molecular weight excluding hydrogens is 264 g/mol. The minimum atomic E-state index is -0.392. The Labute approximate surface area is 122 Å². The van der Waals surface area contributed by atoms with Crippen LogP contribution in [-0.4, -0.2) is 36.2 Å². The van der Waals surface area contributed by atoms with Gasteiger partial charge in [0.15, 0.2) is 0 Å². The molecule has 0 atom stereocenters. The molecule has 1 spiro atoms. The van der Waals surface area contributed by atoms with Gasteiger partial charge in [0.25, 0.3) is 0 Å². The second kappa shape index (κ2) is 5.88. The minimum absolute atomic E-state index is 0. The number of rotatable bonds is 1. The van der Waals surface area contributed by atoms with Crippen LogP contribution in [0.2, 0.25) is 0 Å². The Morgan fingerprint density at radius 2 is 1.84 bits per heavy atom. The molecule has 1 saturated carbocycles. The molecule has 0 radical (unpaired) electrons.